The molecule has 30 heavy (non-hydrogen) atoms. The van der Waals surface area contributed by atoms with Gasteiger partial charge in [-0.1, -0.05) is 13.8 Å². The van der Waals surface area contributed by atoms with Crippen LogP contribution in [0.2, 0.25) is 0 Å². The highest BCUT2D eigenvalue weighted by atomic mass is 16.7. The van der Waals surface area contributed by atoms with Crippen LogP contribution in [0.4, 0.5) is 0 Å². The van der Waals surface area contributed by atoms with Crippen molar-refractivity contribution in [2.45, 2.75) is 26.1 Å². The molecule has 160 valence electrons. The van der Waals surface area contributed by atoms with Gasteiger partial charge in [0.25, 0.3) is 0 Å². The molecule has 0 amide bonds. The molecular formula is C23H26O7. The van der Waals surface area contributed by atoms with Crippen LogP contribution in [0.3, 0.4) is 0 Å². The largest absolute Gasteiger partial charge is 0.493 e. The van der Waals surface area contributed by atoms with Crippen molar-refractivity contribution in [3.8, 4) is 45.6 Å². The molecule has 0 N–H and O–H groups in total. The van der Waals surface area contributed by atoms with E-state index in [4.69, 9.17) is 33.2 Å². The summed E-state index contributed by atoms with van der Waals surface area (Å²) in [4.78, 5) is 0. The minimum atomic E-state index is -0.123. The third kappa shape index (κ3) is 2.35. The summed E-state index contributed by atoms with van der Waals surface area (Å²) in [5.41, 5.74) is 3.76. The summed E-state index contributed by atoms with van der Waals surface area (Å²) in [6.45, 7) is 4.60. The molecule has 7 heteroatoms. The highest BCUT2D eigenvalue weighted by Crippen LogP contribution is 2.64. The second-order valence-corrected chi connectivity index (χ2v) is 7.91. The Kier molecular flexibility index (Phi) is 4.39. The van der Waals surface area contributed by atoms with Crippen molar-refractivity contribution in [2.24, 2.45) is 11.8 Å². The van der Waals surface area contributed by atoms with Crippen LogP contribution in [0.25, 0.3) is 11.1 Å². The van der Waals surface area contributed by atoms with Crippen molar-refractivity contribution >= 4 is 0 Å². The lowest BCUT2D eigenvalue weighted by Gasteiger charge is -2.27. The van der Waals surface area contributed by atoms with Gasteiger partial charge < -0.3 is 33.2 Å². The number of ether oxygens (including phenoxy) is 7. The van der Waals surface area contributed by atoms with Gasteiger partial charge in [0, 0.05) is 11.1 Å². The van der Waals surface area contributed by atoms with E-state index in [9.17, 15) is 0 Å². The Labute approximate surface area is 175 Å². The molecule has 0 unspecified atom stereocenters. The van der Waals surface area contributed by atoms with Gasteiger partial charge in [-0.3, -0.25) is 0 Å². The molecule has 0 spiro atoms. The average Bonchev–Trinajstić information content (AvgIpc) is 3.31. The van der Waals surface area contributed by atoms with Crippen molar-refractivity contribution in [3.05, 3.63) is 23.3 Å². The van der Waals surface area contributed by atoms with E-state index < -0.39 is 0 Å². The van der Waals surface area contributed by atoms with E-state index >= 15 is 0 Å². The molecule has 0 aromatic heterocycles. The van der Waals surface area contributed by atoms with Gasteiger partial charge >= 0.3 is 0 Å². The molecule has 3 aliphatic heterocycles. The maximum atomic E-state index is 6.63. The number of rotatable bonds is 4. The molecule has 1 fully saturated rings. The van der Waals surface area contributed by atoms with Crippen molar-refractivity contribution in [1.29, 1.82) is 0 Å². The van der Waals surface area contributed by atoms with Gasteiger partial charge in [0.2, 0.25) is 18.3 Å². The molecule has 0 aliphatic carbocycles. The van der Waals surface area contributed by atoms with Crippen LogP contribution in [0.15, 0.2) is 12.1 Å². The lowest BCUT2D eigenvalue weighted by atomic mass is 9.77. The van der Waals surface area contributed by atoms with Crippen LogP contribution >= 0.6 is 0 Å². The molecule has 3 heterocycles. The lowest BCUT2D eigenvalue weighted by Crippen LogP contribution is -2.15. The summed E-state index contributed by atoms with van der Waals surface area (Å²) >= 11 is 0. The smallest absolute Gasteiger partial charge is 0.231 e. The summed E-state index contributed by atoms with van der Waals surface area (Å²) in [5, 5.41) is 0. The van der Waals surface area contributed by atoms with Crippen molar-refractivity contribution in [1.82, 2.24) is 0 Å². The zero-order chi connectivity index (χ0) is 21.2. The van der Waals surface area contributed by atoms with E-state index in [1.807, 2.05) is 12.1 Å². The number of hydrogen-bond donors (Lipinski definition) is 0. The van der Waals surface area contributed by atoms with Gasteiger partial charge in [-0.2, -0.15) is 0 Å². The first-order chi connectivity index (χ1) is 14.5. The maximum Gasteiger partial charge on any atom is 0.231 e. The zero-order valence-electron chi connectivity index (χ0n) is 18.0. The van der Waals surface area contributed by atoms with Crippen LogP contribution < -0.4 is 28.4 Å². The van der Waals surface area contributed by atoms with Crippen LogP contribution in [0, 0.1) is 11.8 Å². The number of benzene rings is 2. The Balaban J connectivity index is 1.94. The molecule has 7 nitrogen and oxygen atoms in total. The molecule has 3 aliphatic rings. The van der Waals surface area contributed by atoms with E-state index in [0.29, 0.717) is 46.3 Å². The molecule has 4 atom stereocenters. The fourth-order valence-corrected chi connectivity index (χ4v) is 5.04. The second-order valence-electron chi connectivity index (χ2n) is 7.91. The summed E-state index contributed by atoms with van der Waals surface area (Å²) in [5.74, 6) is 4.18. The molecule has 0 saturated carbocycles. The molecule has 0 radical (unpaired) electrons. The Morgan fingerprint density at radius 3 is 1.93 bits per heavy atom. The van der Waals surface area contributed by atoms with Crippen LogP contribution in [-0.4, -0.2) is 35.2 Å². The van der Waals surface area contributed by atoms with Crippen LogP contribution in [0.5, 0.6) is 34.5 Å². The maximum absolute atomic E-state index is 6.63. The third-order valence-electron chi connectivity index (χ3n) is 6.66. The van der Waals surface area contributed by atoms with Crippen molar-refractivity contribution in [2.75, 3.05) is 35.2 Å². The Morgan fingerprint density at radius 1 is 0.733 bits per heavy atom. The van der Waals surface area contributed by atoms with Crippen LogP contribution in [0.1, 0.15) is 37.2 Å². The predicted molar refractivity (Wildman–Crippen MR) is 109 cm³/mol. The monoisotopic (exact) mass is 414 g/mol. The highest BCUT2D eigenvalue weighted by molar-refractivity contribution is 5.89. The van der Waals surface area contributed by atoms with Gasteiger partial charge in [0.05, 0.1) is 40.6 Å². The summed E-state index contributed by atoms with van der Waals surface area (Å²) in [6.07, 6.45) is -0.236. The molecule has 2 aromatic carbocycles. The molecular weight excluding hydrogens is 388 g/mol. The SMILES string of the molecule is COc1cc2c(c(OC)c1OC)-c1c(cc3c(c1OC)OCO3)[C@@H]1O[C@@H]2[C@H](C)[C@H]1C. The first kappa shape index (κ1) is 19.2. The quantitative estimate of drug-likeness (QED) is 0.729. The first-order valence-electron chi connectivity index (χ1n) is 10.0. The lowest BCUT2D eigenvalue weighted by molar-refractivity contribution is 0.0312. The van der Waals surface area contributed by atoms with Gasteiger partial charge in [-0.05, 0) is 35.1 Å². The standard InChI is InChI=1S/C23H26O7/c1-10-11(2)19-13-8-15-21(29-9-28-15)23(27-6)17(13)16-12(18(10)30-19)7-14(24-3)20(25-4)22(16)26-5/h7-8,10-11,18-19H,9H2,1-6H3/t10-,11-,18-,19-/m1/s1. The fraction of sp³-hybridized carbons (Fsp3) is 0.478. The van der Waals surface area contributed by atoms with Gasteiger partial charge in [0.1, 0.15) is 0 Å². The van der Waals surface area contributed by atoms with Crippen LogP contribution in [-0.2, 0) is 4.74 Å². The summed E-state index contributed by atoms with van der Waals surface area (Å²) < 4.78 is 41.2. The van der Waals surface area contributed by atoms with E-state index in [-0.39, 0.29) is 19.0 Å². The summed E-state index contributed by atoms with van der Waals surface area (Å²) in [6, 6.07) is 4.01. The predicted octanol–water partition coefficient (Wildman–Crippen LogP) is 4.51. The molecule has 2 bridgehead atoms. The highest BCUT2D eigenvalue weighted by Gasteiger charge is 2.48. The van der Waals surface area contributed by atoms with E-state index in [1.54, 1.807) is 28.4 Å². The molecule has 1 saturated heterocycles. The Bertz CT molecular complexity index is 1020. The molecule has 5 rings (SSSR count). The van der Waals surface area contributed by atoms with Crippen molar-refractivity contribution < 1.29 is 33.2 Å². The first-order valence-corrected chi connectivity index (χ1v) is 10.0. The van der Waals surface area contributed by atoms with Gasteiger partial charge in [-0.15, -0.1) is 0 Å². The Morgan fingerprint density at radius 2 is 1.33 bits per heavy atom. The van der Waals surface area contributed by atoms with E-state index in [0.717, 1.165) is 22.3 Å². The number of fused-ring (bicyclic) bond motifs is 8. The van der Waals surface area contributed by atoms with Crippen molar-refractivity contribution in [3.63, 3.8) is 0 Å². The normalized spacial score (nSPS) is 25.3. The topological polar surface area (TPSA) is 64.6 Å². The van der Waals surface area contributed by atoms with Gasteiger partial charge in [0.15, 0.2) is 23.0 Å². The van der Waals surface area contributed by atoms with E-state index in [2.05, 4.69) is 13.8 Å². The average molecular weight is 414 g/mol. The number of methoxy groups -OCH3 is 4. The van der Waals surface area contributed by atoms with E-state index in [1.165, 1.54) is 0 Å². The third-order valence-corrected chi connectivity index (χ3v) is 6.66. The minimum Gasteiger partial charge on any atom is -0.493 e. The molecule has 2 aromatic rings. The Hall–Kier alpha value is -2.80. The number of hydrogen-bond acceptors (Lipinski definition) is 7. The summed E-state index contributed by atoms with van der Waals surface area (Å²) in [7, 11) is 6.50. The zero-order valence-corrected chi connectivity index (χ0v) is 18.0. The van der Waals surface area contributed by atoms with Gasteiger partial charge in [-0.25, -0.2) is 0 Å². The fourth-order valence-electron chi connectivity index (χ4n) is 5.04. The minimum absolute atomic E-state index is 0.113. The second kappa shape index (κ2) is 6.87.